The highest BCUT2D eigenvalue weighted by Gasteiger charge is 2.10. The fraction of sp³-hybridized carbons (Fsp3) is 0.200. The normalized spacial score (nSPS) is 11.9. The van der Waals surface area contributed by atoms with Gasteiger partial charge in [-0.1, -0.05) is 18.2 Å². The van der Waals surface area contributed by atoms with E-state index >= 15 is 0 Å². The minimum absolute atomic E-state index is 0.802. The number of quaternary nitrogens is 1. The first-order chi connectivity index (χ1) is 8.55. The lowest BCUT2D eigenvalue weighted by Gasteiger charge is -2.23. The Bertz CT molecular complexity index is 522. The molecule has 3 heteroatoms. The minimum atomic E-state index is 0.802. The fourth-order valence-electron chi connectivity index (χ4n) is 1.58. The van der Waals surface area contributed by atoms with Gasteiger partial charge in [0.15, 0.2) is 0 Å². The second-order valence-electron chi connectivity index (χ2n) is 5.06. The van der Waals surface area contributed by atoms with Crippen LogP contribution < -0.4 is 4.48 Å². The Morgan fingerprint density at radius 3 is 1.67 bits per heavy atom. The van der Waals surface area contributed by atoms with Crippen LogP contribution in [0.2, 0.25) is 0 Å². The van der Waals surface area contributed by atoms with Crippen molar-refractivity contribution in [1.29, 1.82) is 0 Å². The number of rotatable bonds is 3. The average Bonchev–Trinajstić information content (AvgIpc) is 2.37. The summed E-state index contributed by atoms with van der Waals surface area (Å²) in [7, 11) is 6.42. The van der Waals surface area contributed by atoms with Gasteiger partial charge in [-0.25, -0.2) is 0 Å². The molecule has 0 atom stereocenters. The summed E-state index contributed by atoms with van der Waals surface area (Å²) in [5, 5.41) is 8.41. The van der Waals surface area contributed by atoms with Crippen LogP contribution in [0.3, 0.4) is 0 Å². The van der Waals surface area contributed by atoms with Crippen LogP contribution >= 0.6 is 0 Å². The zero-order chi connectivity index (χ0) is 13.0. The number of hydrogen-bond donors (Lipinski definition) is 0. The number of azo groups is 1. The molecule has 0 aliphatic rings. The molecule has 3 nitrogen and oxygen atoms in total. The molecular formula is C15H18N3+. The van der Waals surface area contributed by atoms with E-state index in [4.69, 9.17) is 0 Å². The SMILES string of the molecule is C[N+](C)(C)c1ccc(/N=N/c2ccccc2)cc1. The van der Waals surface area contributed by atoms with Crippen molar-refractivity contribution in [2.24, 2.45) is 10.2 Å². The first kappa shape index (κ1) is 12.5. The van der Waals surface area contributed by atoms with Crippen LogP contribution in [-0.2, 0) is 0 Å². The molecular weight excluding hydrogens is 222 g/mol. The molecule has 2 aromatic rings. The predicted molar refractivity (Wildman–Crippen MR) is 76.6 cm³/mol. The summed E-state index contributed by atoms with van der Waals surface area (Å²) in [6.45, 7) is 0. The van der Waals surface area contributed by atoms with Crippen LogP contribution in [0.25, 0.3) is 0 Å². The van der Waals surface area contributed by atoms with Gasteiger partial charge in [0.05, 0.1) is 32.5 Å². The second kappa shape index (κ2) is 5.10. The third-order valence-corrected chi connectivity index (χ3v) is 2.66. The molecule has 0 saturated carbocycles. The first-order valence-electron chi connectivity index (χ1n) is 5.94. The summed E-state index contributed by atoms with van der Waals surface area (Å²) >= 11 is 0. The Hall–Kier alpha value is -2.00. The molecule has 0 aromatic heterocycles. The lowest BCUT2D eigenvalue weighted by Crippen LogP contribution is -2.34. The summed E-state index contributed by atoms with van der Waals surface area (Å²) in [4.78, 5) is 0. The van der Waals surface area contributed by atoms with Crippen molar-refractivity contribution >= 4 is 17.1 Å². The van der Waals surface area contributed by atoms with Crippen LogP contribution in [0.15, 0.2) is 64.8 Å². The van der Waals surface area contributed by atoms with E-state index in [0.29, 0.717) is 0 Å². The van der Waals surface area contributed by atoms with Crippen LogP contribution in [0.1, 0.15) is 0 Å². The minimum Gasteiger partial charge on any atom is -0.298 e. The van der Waals surface area contributed by atoms with Crippen molar-refractivity contribution in [3.8, 4) is 0 Å². The molecule has 0 bridgehead atoms. The summed E-state index contributed by atoms with van der Waals surface area (Å²) in [5.74, 6) is 0. The van der Waals surface area contributed by atoms with E-state index in [1.807, 2.05) is 42.5 Å². The molecule has 0 saturated heterocycles. The summed E-state index contributed by atoms with van der Waals surface area (Å²) in [6, 6.07) is 17.9. The van der Waals surface area contributed by atoms with Crippen molar-refractivity contribution in [3.63, 3.8) is 0 Å². The maximum absolute atomic E-state index is 4.22. The maximum atomic E-state index is 4.22. The van der Waals surface area contributed by atoms with Gasteiger partial charge < -0.3 is 0 Å². The Morgan fingerprint density at radius 2 is 1.17 bits per heavy atom. The molecule has 18 heavy (non-hydrogen) atoms. The topological polar surface area (TPSA) is 24.7 Å². The van der Waals surface area contributed by atoms with E-state index < -0.39 is 0 Å². The number of nitrogens with zero attached hydrogens (tertiary/aromatic N) is 3. The van der Waals surface area contributed by atoms with E-state index in [9.17, 15) is 0 Å². The third-order valence-electron chi connectivity index (χ3n) is 2.66. The monoisotopic (exact) mass is 240 g/mol. The smallest absolute Gasteiger partial charge is 0.132 e. The maximum Gasteiger partial charge on any atom is 0.132 e. The molecule has 92 valence electrons. The van der Waals surface area contributed by atoms with Crippen LogP contribution in [0.4, 0.5) is 17.1 Å². The van der Waals surface area contributed by atoms with Crippen molar-refractivity contribution in [2.45, 2.75) is 0 Å². The van der Waals surface area contributed by atoms with Gasteiger partial charge in [0.25, 0.3) is 0 Å². The van der Waals surface area contributed by atoms with Crippen LogP contribution in [-0.4, -0.2) is 21.1 Å². The molecule has 2 aromatic carbocycles. The highest BCUT2D eigenvalue weighted by molar-refractivity contribution is 5.49. The van der Waals surface area contributed by atoms with Crippen molar-refractivity contribution in [2.75, 3.05) is 21.1 Å². The predicted octanol–water partition coefficient (Wildman–Crippen LogP) is 4.30. The molecule has 0 unspecified atom stereocenters. The van der Waals surface area contributed by atoms with Crippen molar-refractivity contribution in [3.05, 3.63) is 54.6 Å². The van der Waals surface area contributed by atoms with Gasteiger partial charge in [0.1, 0.15) is 5.69 Å². The lowest BCUT2D eigenvalue weighted by atomic mass is 10.2. The highest BCUT2D eigenvalue weighted by Crippen LogP contribution is 2.23. The van der Waals surface area contributed by atoms with E-state index in [1.165, 1.54) is 5.69 Å². The Morgan fingerprint density at radius 1 is 0.667 bits per heavy atom. The van der Waals surface area contributed by atoms with Gasteiger partial charge in [-0.05, 0) is 24.3 Å². The zero-order valence-electron chi connectivity index (χ0n) is 11.0. The molecule has 2 rings (SSSR count). The summed E-state index contributed by atoms with van der Waals surface area (Å²) in [6.07, 6.45) is 0. The van der Waals surface area contributed by atoms with E-state index in [1.54, 1.807) is 0 Å². The third kappa shape index (κ3) is 3.25. The van der Waals surface area contributed by atoms with E-state index in [2.05, 4.69) is 43.5 Å². The first-order valence-corrected chi connectivity index (χ1v) is 5.94. The molecule has 0 spiro atoms. The van der Waals surface area contributed by atoms with Gasteiger partial charge in [0, 0.05) is 12.1 Å². The number of benzene rings is 2. The van der Waals surface area contributed by atoms with Gasteiger partial charge >= 0.3 is 0 Å². The molecule has 0 radical (unpaired) electrons. The molecule has 0 amide bonds. The molecule has 0 N–H and O–H groups in total. The average molecular weight is 240 g/mol. The standard InChI is InChI=1S/C15H18N3/c1-18(2,3)15-11-9-14(10-12-15)17-16-13-7-5-4-6-8-13/h4-12H,1-3H3/q+1/b17-16+. The van der Waals surface area contributed by atoms with Crippen LogP contribution in [0.5, 0.6) is 0 Å². The van der Waals surface area contributed by atoms with Gasteiger partial charge in [-0.15, -0.1) is 0 Å². The summed E-state index contributed by atoms with van der Waals surface area (Å²) in [5.41, 5.74) is 2.98. The molecule has 0 fully saturated rings. The highest BCUT2D eigenvalue weighted by atomic mass is 15.3. The second-order valence-corrected chi connectivity index (χ2v) is 5.06. The molecule has 0 heterocycles. The van der Waals surface area contributed by atoms with E-state index in [-0.39, 0.29) is 0 Å². The Kier molecular flexibility index (Phi) is 3.53. The van der Waals surface area contributed by atoms with Crippen molar-refractivity contribution < 1.29 is 0 Å². The largest absolute Gasteiger partial charge is 0.298 e. The Labute approximate surface area is 108 Å². The fourth-order valence-corrected chi connectivity index (χ4v) is 1.58. The quantitative estimate of drug-likeness (QED) is 0.564. The van der Waals surface area contributed by atoms with Gasteiger partial charge in [0.2, 0.25) is 0 Å². The molecule has 0 aliphatic carbocycles. The Balaban J connectivity index is 2.14. The van der Waals surface area contributed by atoms with Gasteiger partial charge in [-0.3, -0.25) is 4.48 Å². The van der Waals surface area contributed by atoms with E-state index in [0.717, 1.165) is 15.9 Å². The lowest BCUT2D eigenvalue weighted by molar-refractivity contribution is 0.486. The molecule has 0 aliphatic heterocycles. The van der Waals surface area contributed by atoms with Gasteiger partial charge in [-0.2, -0.15) is 10.2 Å². The summed E-state index contributed by atoms with van der Waals surface area (Å²) < 4.78 is 0.802. The number of hydrogen-bond acceptors (Lipinski definition) is 2. The van der Waals surface area contributed by atoms with Crippen LogP contribution in [0, 0.1) is 0 Å². The van der Waals surface area contributed by atoms with Crippen molar-refractivity contribution in [1.82, 2.24) is 4.48 Å². The zero-order valence-corrected chi connectivity index (χ0v) is 11.0.